The van der Waals surface area contributed by atoms with E-state index in [1.165, 1.54) is 6.33 Å². The van der Waals surface area contributed by atoms with Crippen molar-refractivity contribution in [1.82, 2.24) is 19.7 Å². The zero-order chi connectivity index (χ0) is 10.7. The summed E-state index contributed by atoms with van der Waals surface area (Å²) in [5.74, 6) is 0.595. The molecule has 2 aromatic rings. The van der Waals surface area contributed by atoms with Crippen LogP contribution in [0.1, 0.15) is 16.3 Å². The minimum Gasteiger partial charge on any atom is -0.292 e. The molecule has 0 spiro atoms. The van der Waals surface area contributed by atoms with Crippen molar-refractivity contribution in [1.29, 1.82) is 0 Å². The highest BCUT2D eigenvalue weighted by Gasteiger charge is 2.10. The fraction of sp³-hybridized carbons (Fsp3) is 0.200. The van der Waals surface area contributed by atoms with Gasteiger partial charge in [0.2, 0.25) is 0 Å². The van der Waals surface area contributed by atoms with E-state index in [1.807, 2.05) is 0 Å². The normalized spacial score (nSPS) is 10.2. The first kappa shape index (κ1) is 9.51. The Kier molecular flexibility index (Phi) is 2.53. The Morgan fingerprint density at radius 2 is 2.27 bits per heavy atom. The number of aromatic nitrogens is 4. The fourth-order valence-corrected chi connectivity index (χ4v) is 1.24. The van der Waals surface area contributed by atoms with Crippen LogP contribution in [0, 0.1) is 0 Å². The van der Waals surface area contributed by atoms with Crippen molar-refractivity contribution in [3.63, 3.8) is 0 Å². The van der Waals surface area contributed by atoms with Gasteiger partial charge in [0.15, 0.2) is 5.78 Å². The molecule has 5 nitrogen and oxygen atoms in total. The van der Waals surface area contributed by atoms with Crippen LogP contribution in [0.15, 0.2) is 30.7 Å². The van der Waals surface area contributed by atoms with Crippen molar-refractivity contribution < 1.29 is 4.79 Å². The van der Waals surface area contributed by atoms with E-state index in [0.717, 1.165) is 0 Å². The number of ketones is 1. The van der Waals surface area contributed by atoms with Gasteiger partial charge in [-0.15, -0.1) is 0 Å². The third-order valence-electron chi connectivity index (χ3n) is 2.07. The summed E-state index contributed by atoms with van der Waals surface area (Å²) in [4.78, 5) is 19.7. The van der Waals surface area contributed by atoms with Crippen LogP contribution in [-0.2, 0) is 13.5 Å². The molecular weight excluding hydrogens is 192 g/mol. The first-order valence-corrected chi connectivity index (χ1v) is 4.54. The predicted octanol–water partition coefficient (Wildman–Crippen LogP) is 0.636. The lowest BCUT2D eigenvalue weighted by molar-refractivity contribution is 0.0985. The summed E-state index contributed by atoms with van der Waals surface area (Å²) in [5.41, 5.74) is 0.459. The topological polar surface area (TPSA) is 60.7 Å². The average molecular weight is 202 g/mol. The van der Waals surface area contributed by atoms with E-state index in [-0.39, 0.29) is 12.2 Å². The quantitative estimate of drug-likeness (QED) is 0.685. The molecule has 0 aliphatic heterocycles. The van der Waals surface area contributed by atoms with Crippen molar-refractivity contribution in [2.75, 3.05) is 0 Å². The number of hydrogen-bond donors (Lipinski definition) is 0. The van der Waals surface area contributed by atoms with E-state index in [1.54, 1.807) is 36.1 Å². The molecule has 2 rings (SSSR count). The Morgan fingerprint density at radius 1 is 1.40 bits per heavy atom. The van der Waals surface area contributed by atoms with Gasteiger partial charge in [-0.25, -0.2) is 4.98 Å². The molecule has 0 atom stereocenters. The van der Waals surface area contributed by atoms with Crippen LogP contribution < -0.4 is 0 Å². The SMILES string of the molecule is Cn1ncnc1CC(=O)c1ccccn1. The first-order chi connectivity index (χ1) is 7.27. The molecule has 0 aliphatic rings. The third kappa shape index (κ3) is 2.07. The van der Waals surface area contributed by atoms with E-state index in [2.05, 4.69) is 15.1 Å². The van der Waals surface area contributed by atoms with Gasteiger partial charge >= 0.3 is 0 Å². The molecule has 0 saturated heterocycles. The summed E-state index contributed by atoms with van der Waals surface area (Å²) in [6, 6.07) is 5.26. The molecule has 76 valence electrons. The minimum absolute atomic E-state index is 0.0494. The van der Waals surface area contributed by atoms with Crippen molar-refractivity contribution in [2.45, 2.75) is 6.42 Å². The number of carbonyl (C=O) groups excluding carboxylic acids is 1. The van der Waals surface area contributed by atoms with Gasteiger partial charge in [-0.2, -0.15) is 5.10 Å². The highest BCUT2D eigenvalue weighted by atomic mass is 16.1. The van der Waals surface area contributed by atoms with Crippen LogP contribution in [0.25, 0.3) is 0 Å². The van der Waals surface area contributed by atoms with E-state index in [0.29, 0.717) is 11.5 Å². The molecule has 0 N–H and O–H groups in total. The smallest absolute Gasteiger partial charge is 0.188 e. The van der Waals surface area contributed by atoms with Gasteiger partial charge in [-0.3, -0.25) is 14.5 Å². The Balaban J connectivity index is 2.15. The standard InChI is InChI=1S/C10H10N4O/c1-14-10(12-7-13-14)6-9(15)8-4-2-3-5-11-8/h2-5,7H,6H2,1H3. The summed E-state index contributed by atoms with van der Waals surface area (Å²) < 4.78 is 1.58. The maximum atomic E-state index is 11.7. The van der Waals surface area contributed by atoms with Crippen LogP contribution in [0.2, 0.25) is 0 Å². The van der Waals surface area contributed by atoms with Crippen molar-refractivity contribution in [3.8, 4) is 0 Å². The highest BCUT2D eigenvalue weighted by Crippen LogP contribution is 2.01. The number of Topliss-reactive ketones (excluding diaryl/α,β-unsaturated/α-hetero) is 1. The molecule has 0 radical (unpaired) electrons. The number of hydrogen-bond acceptors (Lipinski definition) is 4. The number of carbonyl (C=O) groups is 1. The fourth-order valence-electron chi connectivity index (χ4n) is 1.24. The van der Waals surface area contributed by atoms with Gasteiger partial charge in [0.25, 0.3) is 0 Å². The van der Waals surface area contributed by atoms with Crippen molar-refractivity contribution >= 4 is 5.78 Å². The van der Waals surface area contributed by atoms with Gasteiger partial charge in [-0.05, 0) is 12.1 Å². The monoisotopic (exact) mass is 202 g/mol. The van der Waals surface area contributed by atoms with Crippen LogP contribution >= 0.6 is 0 Å². The molecule has 2 aromatic heterocycles. The van der Waals surface area contributed by atoms with E-state index in [4.69, 9.17) is 0 Å². The molecular formula is C10H10N4O. The molecule has 0 amide bonds. The van der Waals surface area contributed by atoms with Gasteiger partial charge in [-0.1, -0.05) is 6.07 Å². The van der Waals surface area contributed by atoms with Crippen LogP contribution in [0.3, 0.4) is 0 Å². The highest BCUT2D eigenvalue weighted by molar-refractivity contribution is 5.95. The number of rotatable bonds is 3. The van der Waals surface area contributed by atoms with Gasteiger partial charge in [0, 0.05) is 13.2 Å². The van der Waals surface area contributed by atoms with Gasteiger partial charge < -0.3 is 0 Å². The molecule has 2 heterocycles. The molecule has 5 heteroatoms. The van der Waals surface area contributed by atoms with E-state index in [9.17, 15) is 4.79 Å². The van der Waals surface area contributed by atoms with Gasteiger partial charge in [0.05, 0.1) is 6.42 Å². The predicted molar refractivity (Wildman–Crippen MR) is 53.3 cm³/mol. The average Bonchev–Trinajstić information content (AvgIpc) is 2.66. The molecule has 0 saturated carbocycles. The summed E-state index contributed by atoms with van der Waals surface area (Å²) in [6.07, 6.45) is 3.26. The van der Waals surface area contributed by atoms with Crippen molar-refractivity contribution in [3.05, 3.63) is 42.2 Å². The van der Waals surface area contributed by atoms with Gasteiger partial charge in [0.1, 0.15) is 17.8 Å². The van der Waals surface area contributed by atoms with E-state index >= 15 is 0 Å². The second-order valence-electron chi connectivity index (χ2n) is 3.11. The molecule has 0 bridgehead atoms. The molecule has 0 aromatic carbocycles. The Labute approximate surface area is 86.8 Å². The minimum atomic E-state index is -0.0494. The number of nitrogens with zero attached hydrogens (tertiary/aromatic N) is 4. The molecule has 0 unspecified atom stereocenters. The van der Waals surface area contributed by atoms with Crippen LogP contribution in [0.5, 0.6) is 0 Å². The lowest BCUT2D eigenvalue weighted by Gasteiger charge is -1.99. The molecule has 0 aliphatic carbocycles. The number of aryl methyl sites for hydroxylation is 1. The van der Waals surface area contributed by atoms with Crippen molar-refractivity contribution in [2.24, 2.45) is 7.05 Å². The summed E-state index contributed by atoms with van der Waals surface area (Å²) in [7, 11) is 1.76. The maximum absolute atomic E-state index is 11.7. The zero-order valence-electron chi connectivity index (χ0n) is 8.29. The lowest BCUT2D eigenvalue weighted by atomic mass is 10.2. The largest absolute Gasteiger partial charge is 0.292 e. The lowest BCUT2D eigenvalue weighted by Crippen LogP contribution is -2.10. The Bertz CT molecular complexity index is 463. The summed E-state index contributed by atoms with van der Waals surface area (Å²) in [5, 5.41) is 3.90. The zero-order valence-corrected chi connectivity index (χ0v) is 8.29. The third-order valence-corrected chi connectivity index (χ3v) is 2.07. The Hall–Kier alpha value is -2.04. The Morgan fingerprint density at radius 3 is 2.87 bits per heavy atom. The maximum Gasteiger partial charge on any atom is 0.188 e. The second kappa shape index (κ2) is 4.00. The van der Waals surface area contributed by atoms with Crippen LogP contribution in [0.4, 0.5) is 0 Å². The molecule has 0 fully saturated rings. The first-order valence-electron chi connectivity index (χ1n) is 4.54. The number of pyridine rings is 1. The van der Waals surface area contributed by atoms with E-state index < -0.39 is 0 Å². The molecule has 15 heavy (non-hydrogen) atoms. The second-order valence-corrected chi connectivity index (χ2v) is 3.11. The summed E-state index contributed by atoms with van der Waals surface area (Å²) in [6.45, 7) is 0. The summed E-state index contributed by atoms with van der Waals surface area (Å²) >= 11 is 0. The van der Waals surface area contributed by atoms with Crippen LogP contribution in [-0.4, -0.2) is 25.5 Å².